The number of anilines is 1. The lowest BCUT2D eigenvalue weighted by Gasteiger charge is -2.19. The van der Waals surface area contributed by atoms with Gasteiger partial charge in [-0.05, 0) is 24.6 Å². The summed E-state index contributed by atoms with van der Waals surface area (Å²) >= 11 is 0. The highest BCUT2D eigenvalue weighted by molar-refractivity contribution is 7.84. The summed E-state index contributed by atoms with van der Waals surface area (Å²) in [5.41, 5.74) is 2.40. The summed E-state index contributed by atoms with van der Waals surface area (Å²) in [6.45, 7) is 2.04. The van der Waals surface area contributed by atoms with E-state index in [-0.39, 0.29) is 11.9 Å². The van der Waals surface area contributed by atoms with Crippen molar-refractivity contribution in [2.24, 2.45) is 0 Å². The predicted molar refractivity (Wildman–Crippen MR) is 92.5 cm³/mol. The molecule has 0 bridgehead atoms. The molecule has 1 aromatic heterocycles. The lowest BCUT2D eigenvalue weighted by Crippen LogP contribution is -2.10. The van der Waals surface area contributed by atoms with Crippen molar-refractivity contribution in [3.63, 3.8) is 0 Å². The van der Waals surface area contributed by atoms with Crippen LogP contribution in [0.15, 0.2) is 59.6 Å². The molecule has 118 valence electrons. The molecule has 0 saturated carbocycles. The van der Waals surface area contributed by atoms with Crippen LogP contribution in [0.25, 0.3) is 10.9 Å². The molecule has 23 heavy (non-hydrogen) atoms. The van der Waals surface area contributed by atoms with Gasteiger partial charge in [0.2, 0.25) is 0 Å². The second-order valence-corrected chi connectivity index (χ2v) is 6.74. The molecule has 2 atom stereocenters. The van der Waals surface area contributed by atoms with E-state index in [1.807, 2.05) is 37.3 Å². The molecule has 0 unspecified atom stereocenters. The predicted octanol–water partition coefficient (Wildman–Crippen LogP) is 4.28. The minimum Gasteiger partial charge on any atom is -0.377 e. The van der Waals surface area contributed by atoms with Gasteiger partial charge in [0, 0.05) is 29.9 Å². The summed E-state index contributed by atoms with van der Waals surface area (Å²) in [5, 5.41) is 4.18. The monoisotopic (exact) mass is 328 g/mol. The molecule has 0 fully saturated rings. The Hall–Kier alpha value is -2.27. The summed E-state index contributed by atoms with van der Waals surface area (Å²) < 4.78 is 25.5. The molecule has 2 aromatic carbocycles. The van der Waals surface area contributed by atoms with Crippen LogP contribution in [-0.2, 0) is 10.8 Å². The largest absolute Gasteiger partial charge is 0.377 e. The van der Waals surface area contributed by atoms with Crippen molar-refractivity contribution in [1.29, 1.82) is 0 Å². The van der Waals surface area contributed by atoms with E-state index in [1.54, 1.807) is 18.5 Å². The van der Waals surface area contributed by atoms with Crippen LogP contribution >= 0.6 is 0 Å². The summed E-state index contributed by atoms with van der Waals surface area (Å²) in [7, 11) is -1.19. The Morgan fingerprint density at radius 3 is 2.61 bits per heavy atom. The van der Waals surface area contributed by atoms with E-state index in [0.717, 1.165) is 16.6 Å². The number of pyridine rings is 1. The van der Waals surface area contributed by atoms with Gasteiger partial charge in [-0.1, -0.05) is 30.3 Å². The molecule has 0 saturated heterocycles. The Morgan fingerprint density at radius 1 is 1.17 bits per heavy atom. The molecule has 0 aliphatic rings. The number of rotatable bonds is 4. The van der Waals surface area contributed by atoms with Gasteiger partial charge in [0.25, 0.3) is 0 Å². The van der Waals surface area contributed by atoms with Crippen LogP contribution in [0.1, 0.15) is 18.5 Å². The fourth-order valence-corrected chi connectivity index (χ4v) is 3.21. The van der Waals surface area contributed by atoms with Crippen LogP contribution in [0.3, 0.4) is 0 Å². The Labute approximate surface area is 137 Å². The highest BCUT2D eigenvalue weighted by atomic mass is 32.2. The van der Waals surface area contributed by atoms with E-state index < -0.39 is 10.8 Å². The van der Waals surface area contributed by atoms with Crippen molar-refractivity contribution in [2.45, 2.75) is 17.9 Å². The number of benzene rings is 2. The fourth-order valence-electron chi connectivity index (χ4n) is 2.56. The van der Waals surface area contributed by atoms with Crippen LogP contribution in [-0.4, -0.2) is 15.4 Å². The van der Waals surface area contributed by atoms with Gasteiger partial charge >= 0.3 is 0 Å². The van der Waals surface area contributed by atoms with Gasteiger partial charge in [0.15, 0.2) is 0 Å². The van der Waals surface area contributed by atoms with Gasteiger partial charge in [0.05, 0.1) is 26.9 Å². The first-order chi connectivity index (χ1) is 11.1. The maximum Gasteiger partial charge on any atom is 0.125 e. The second-order valence-electron chi connectivity index (χ2n) is 5.39. The zero-order valence-corrected chi connectivity index (χ0v) is 13.7. The molecule has 0 spiro atoms. The van der Waals surface area contributed by atoms with Crippen molar-refractivity contribution < 1.29 is 8.60 Å². The molecule has 1 heterocycles. The quantitative estimate of drug-likeness (QED) is 0.777. The highest BCUT2D eigenvalue weighted by Gasteiger charge is 2.15. The van der Waals surface area contributed by atoms with E-state index in [2.05, 4.69) is 10.3 Å². The molecular weight excluding hydrogens is 311 g/mol. The molecule has 3 nitrogen and oxygen atoms in total. The summed E-state index contributed by atoms with van der Waals surface area (Å²) in [5.74, 6) is -0.336. The minimum atomic E-state index is -1.19. The lowest BCUT2D eigenvalue weighted by atomic mass is 10.1. The molecule has 5 heteroatoms. The zero-order valence-electron chi connectivity index (χ0n) is 12.9. The van der Waals surface area contributed by atoms with E-state index in [0.29, 0.717) is 10.4 Å². The van der Waals surface area contributed by atoms with Gasteiger partial charge < -0.3 is 5.32 Å². The molecule has 3 rings (SSSR count). The van der Waals surface area contributed by atoms with Gasteiger partial charge in [-0.2, -0.15) is 0 Å². The normalized spacial score (nSPS) is 13.7. The van der Waals surface area contributed by atoms with Crippen molar-refractivity contribution in [3.8, 4) is 0 Å². The SMILES string of the molecule is C[C@@H](Nc1c([S@@](C)=O)cnc2cc(F)ccc12)c1ccccc1. The van der Waals surface area contributed by atoms with E-state index in [1.165, 1.54) is 12.1 Å². The van der Waals surface area contributed by atoms with Crippen molar-refractivity contribution in [2.75, 3.05) is 11.6 Å². The maximum atomic E-state index is 13.4. The Bertz CT molecular complexity index is 868. The van der Waals surface area contributed by atoms with Crippen LogP contribution in [0.2, 0.25) is 0 Å². The Kier molecular flexibility index (Phi) is 4.39. The summed E-state index contributed by atoms with van der Waals surface area (Å²) in [6.07, 6.45) is 3.17. The first-order valence-electron chi connectivity index (χ1n) is 7.29. The minimum absolute atomic E-state index is 0.0224. The van der Waals surface area contributed by atoms with Crippen LogP contribution in [0.5, 0.6) is 0 Å². The number of fused-ring (bicyclic) bond motifs is 1. The van der Waals surface area contributed by atoms with Crippen LogP contribution in [0, 0.1) is 5.82 Å². The molecule has 0 amide bonds. The first-order valence-corrected chi connectivity index (χ1v) is 8.85. The van der Waals surface area contributed by atoms with Gasteiger partial charge in [-0.15, -0.1) is 0 Å². The van der Waals surface area contributed by atoms with E-state index in [4.69, 9.17) is 0 Å². The molecular formula is C18H17FN2OS. The third-order valence-corrected chi connectivity index (χ3v) is 4.70. The fraction of sp³-hybridized carbons (Fsp3) is 0.167. The molecule has 3 aromatic rings. The van der Waals surface area contributed by atoms with Crippen molar-refractivity contribution in [1.82, 2.24) is 4.98 Å². The number of nitrogens with one attached hydrogen (secondary N) is 1. The van der Waals surface area contributed by atoms with Gasteiger partial charge in [-0.25, -0.2) is 4.39 Å². The van der Waals surface area contributed by atoms with E-state index >= 15 is 0 Å². The van der Waals surface area contributed by atoms with E-state index in [9.17, 15) is 8.60 Å². The average molecular weight is 328 g/mol. The number of nitrogens with zero attached hydrogens (tertiary/aromatic N) is 1. The number of halogens is 1. The van der Waals surface area contributed by atoms with Gasteiger partial charge in [0.1, 0.15) is 5.82 Å². The Morgan fingerprint density at radius 2 is 1.91 bits per heavy atom. The van der Waals surface area contributed by atoms with Crippen LogP contribution < -0.4 is 5.32 Å². The zero-order chi connectivity index (χ0) is 16.4. The molecule has 0 aliphatic heterocycles. The third kappa shape index (κ3) is 3.24. The second kappa shape index (κ2) is 6.46. The molecule has 0 aliphatic carbocycles. The smallest absolute Gasteiger partial charge is 0.125 e. The summed E-state index contributed by atoms with van der Waals surface area (Å²) in [6, 6.07) is 14.5. The topological polar surface area (TPSA) is 42.0 Å². The maximum absolute atomic E-state index is 13.4. The number of aromatic nitrogens is 1. The highest BCUT2D eigenvalue weighted by Crippen LogP contribution is 2.31. The number of hydrogen-bond donors (Lipinski definition) is 1. The summed E-state index contributed by atoms with van der Waals surface area (Å²) in [4.78, 5) is 4.85. The van der Waals surface area contributed by atoms with Crippen molar-refractivity contribution in [3.05, 3.63) is 66.1 Å². The average Bonchev–Trinajstić information content (AvgIpc) is 2.55. The first kappa shape index (κ1) is 15.6. The van der Waals surface area contributed by atoms with Crippen molar-refractivity contribution >= 4 is 27.4 Å². The third-order valence-electron chi connectivity index (χ3n) is 3.77. The lowest BCUT2D eigenvalue weighted by molar-refractivity contribution is 0.629. The number of hydrogen-bond acceptors (Lipinski definition) is 3. The molecule has 1 N–H and O–H groups in total. The molecule has 0 radical (unpaired) electrons. The Balaban J connectivity index is 2.10. The van der Waals surface area contributed by atoms with Crippen LogP contribution in [0.4, 0.5) is 10.1 Å². The van der Waals surface area contributed by atoms with Gasteiger partial charge in [-0.3, -0.25) is 9.19 Å². The standard InChI is InChI=1S/C18H17FN2OS/c1-12(13-6-4-3-5-7-13)21-18-15-9-8-14(19)10-16(15)20-11-17(18)23(2)22/h3-12H,1-2H3,(H,20,21)/t12-,23-/m1/s1.